The van der Waals surface area contributed by atoms with Gasteiger partial charge in [0.15, 0.2) is 5.78 Å². The Kier molecular flexibility index (Phi) is 3.63. The Morgan fingerprint density at radius 1 is 1.47 bits per heavy atom. The van der Waals surface area contributed by atoms with Gasteiger partial charge in [0.05, 0.1) is 17.8 Å². The molecule has 0 fully saturated rings. The molecule has 1 aromatic heterocycles. The number of hydrogen-bond acceptors (Lipinski definition) is 3. The number of nitrogens with one attached hydrogen (secondary N) is 1. The van der Waals surface area contributed by atoms with Crippen LogP contribution >= 0.6 is 0 Å². The maximum absolute atomic E-state index is 11.8. The molecule has 1 heterocycles. The molecule has 0 saturated heterocycles. The first-order chi connectivity index (χ1) is 6.99. The molecule has 0 bridgehead atoms. The molecule has 1 aromatic rings. The van der Waals surface area contributed by atoms with Gasteiger partial charge in [-0.3, -0.25) is 9.48 Å². The van der Waals surface area contributed by atoms with E-state index < -0.39 is 0 Å². The van der Waals surface area contributed by atoms with E-state index in [4.69, 9.17) is 0 Å². The second kappa shape index (κ2) is 4.57. The third-order valence-corrected chi connectivity index (χ3v) is 2.43. The highest BCUT2D eigenvalue weighted by Crippen LogP contribution is 2.17. The number of aryl methyl sites for hydroxylation is 1. The van der Waals surface area contributed by atoms with Gasteiger partial charge in [0.1, 0.15) is 0 Å². The van der Waals surface area contributed by atoms with E-state index in [1.807, 2.05) is 18.5 Å². The van der Waals surface area contributed by atoms with Gasteiger partial charge in [-0.1, -0.05) is 0 Å². The van der Waals surface area contributed by atoms with Crippen molar-refractivity contribution in [1.82, 2.24) is 15.1 Å². The first-order valence-corrected chi connectivity index (χ1v) is 5.22. The summed E-state index contributed by atoms with van der Waals surface area (Å²) in [5.41, 5.74) is 2.54. The molecule has 0 radical (unpaired) electrons. The number of nitrogens with zero attached hydrogens (tertiary/aromatic N) is 2. The SMILES string of the molecule is CNCC(=O)c1c(C)nn(C(C)C)c1C. The van der Waals surface area contributed by atoms with Crippen molar-refractivity contribution in [3.05, 3.63) is 17.0 Å². The minimum absolute atomic E-state index is 0.111. The van der Waals surface area contributed by atoms with Crippen molar-refractivity contribution in [2.75, 3.05) is 13.6 Å². The van der Waals surface area contributed by atoms with Crippen LogP contribution in [0.5, 0.6) is 0 Å². The molecular weight excluding hydrogens is 190 g/mol. The van der Waals surface area contributed by atoms with Crippen LogP contribution < -0.4 is 5.32 Å². The number of carbonyl (C=O) groups is 1. The van der Waals surface area contributed by atoms with Crippen LogP contribution in [-0.4, -0.2) is 29.2 Å². The summed E-state index contributed by atoms with van der Waals surface area (Å²) in [6, 6.07) is 0.292. The summed E-state index contributed by atoms with van der Waals surface area (Å²) >= 11 is 0. The molecule has 0 aliphatic carbocycles. The zero-order valence-electron chi connectivity index (χ0n) is 10.1. The maximum atomic E-state index is 11.8. The van der Waals surface area contributed by atoms with E-state index in [1.165, 1.54) is 0 Å². The van der Waals surface area contributed by atoms with Gasteiger partial charge in [0.25, 0.3) is 0 Å². The van der Waals surface area contributed by atoms with E-state index >= 15 is 0 Å². The van der Waals surface area contributed by atoms with Crippen molar-refractivity contribution in [2.24, 2.45) is 0 Å². The molecule has 0 saturated carbocycles. The highest BCUT2D eigenvalue weighted by molar-refractivity contribution is 5.99. The number of rotatable bonds is 4. The van der Waals surface area contributed by atoms with Crippen LogP contribution in [0.4, 0.5) is 0 Å². The highest BCUT2D eigenvalue weighted by atomic mass is 16.1. The lowest BCUT2D eigenvalue weighted by Gasteiger charge is -2.08. The Hall–Kier alpha value is -1.16. The fourth-order valence-electron chi connectivity index (χ4n) is 1.82. The topological polar surface area (TPSA) is 46.9 Å². The summed E-state index contributed by atoms with van der Waals surface area (Å²) in [5, 5.41) is 7.25. The van der Waals surface area contributed by atoms with Gasteiger partial charge in [-0.2, -0.15) is 5.10 Å². The molecule has 0 aliphatic heterocycles. The minimum atomic E-state index is 0.111. The second-order valence-corrected chi connectivity index (χ2v) is 4.04. The highest BCUT2D eigenvalue weighted by Gasteiger charge is 2.18. The quantitative estimate of drug-likeness (QED) is 0.764. The van der Waals surface area contributed by atoms with Crippen molar-refractivity contribution in [3.63, 3.8) is 0 Å². The van der Waals surface area contributed by atoms with Crippen LogP contribution in [0.2, 0.25) is 0 Å². The lowest BCUT2D eigenvalue weighted by atomic mass is 10.1. The van der Waals surface area contributed by atoms with Crippen molar-refractivity contribution >= 4 is 5.78 Å². The van der Waals surface area contributed by atoms with Crippen molar-refractivity contribution in [2.45, 2.75) is 33.7 Å². The molecule has 15 heavy (non-hydrogen) atoms. The van der Waals surface area contributed by atoms with Gasteiger partial charge < -0.3 is 5.32 Å². The molecule has 1 N–H and O–H groups in total. The van der Waals surface area contributed by atoms with Crippen LogP contribution in [0.15, 0.2) is 0 Å². The summed E-state index contributed by atoms with van der Waals surface area (Å²) < 4.78 is 1.90. The summed E-state index contributed by atoms with van der Waals surface area (Å²) in [5.74, 6) is 0.111. The fraction of sp³-hybridized carbons (Fsp3) is 0.636. The van der Waals surface area contributed by atoms with E-state index in [9.17, 15) is 4.79 Å². The number of aromatic nitrogens is 2. The third-order valence-electron chi connectivity index (χ3n) is 2.43. The number of hydrogen-bond donors (Lipinski definition) is 1. The normalized spacial score (nSPS) is 11.1. The average molecular weight is 209 g/mol. The molecule has 4 nitrogen and oxygen atoms in total. The molecule has 0 aliphatic rings. The predicted octanol–water partition coefficient (Wildman–Crippen LogP) is 1.48. The largest absolute Gasteiger partial charge is 0.313 e. The standard InChI is InChI=1S/C11H19N3O/c1-7(2)14-9(4)11(8(3)13-14)10(15)6-12-5/h7,12H,6H2,1-5H3. The summed E-state index contributed by atoms with van der Waals surface area (Å²) in [7, 11) is 1.77. The van der Waals surface area contributed by atoms with Gasteiger partial charge >= 0.3 is 0 Å². The van der Waals surface area contributed by atoms with Gasteiger partial charge in [-0.25, -0.2) is 0 Å². The van der Waals surface area contributed by atoms with Crippen molar-refractivity contribution in [3.8, 4) is 0 Å². The summed E-state index contributed by atoms with van der Waals surface area (Å²) in [4.78, 5) is 11.8. The molecule has 84 valence electrons. The van der Waals surface area contributed by atoms with Gasteiger partial charge in [-0.05, 0) is 34.7 Å². The van der Waals surface area contributed by atoms with E-state index in [1.54, 1.807) is 7.05 Å². The average Bonchev–Trinajstić information content (AvgIpc) is 2.42. The number of carbonyl (C=O) groups excluding carboxylic acids is 1. The number of likely N-dealkylation sites (N-methyl/N-ethyl adjacent to an activating group) is 1. The van der Waals surface area contributed by atoms with E-state index in [2.05, 4.69) is 24.3 Å². The molecular formula is C11H19N3O. The lowest BCUT2D eigenvalue weighted by Crippen LogP contribution is -2.19. The van der Waals surface area contributed by atoms with Gasteiger partial charge in [0, 0.05) is 11.7 Å². The molecule has 0 atom stereocenters. The Morgan fingerprint density at radius 2 is 2.07 bits per heavy atom. The van der Waals surface area contributed by atoms with E-state index in [-0.39, 0.29) is 5.78 Å². The van der Waals surface area contributed by atoms with Crippen LogP contribution in [0.3, 0.4) is 0 Å². The first-order valence-electron chi connectivity index (χ1n) is 5.22. The van der Waals surface area contributed by atoms with Gasteiger partial charge in [-0.15, -0.1) is 0 Å². The Bertz CT molecular complexity index is 366. The van der Waals surface area contributed by atoms with Crippen LogP contribution in [0.1, 0.15) is 41.6 Å². The lowest BCUT2D eigenvalue weighted by molar-refractivity contribution is 0.0992. The summed E-state index contributed by atoms with van der Waals surface area (Å²) in [6.07, 6.45) is 0. The molecule has 0 unspecified atom stereocenters. The molecule has 0 amide bonds. The third kappa shape index (κ3) is 2.26. The molecule has 1 rings (SSSR count). The zero-order valence-corrected chi connectivity index (χ0v) is 10.1. The first kappa shape index (κ1) is 11.9. The smallest absolute Gasteiger partial charge is 0.180 e. The zero-order chi connectivity index (χ0) is 11.6. The van der Waals surface area contributed by atoms with Crippen LogP contribution in [0.25, 0.3) is 0 Å². The van der Waals surface area contributed by atoms with Crippen LogP contribution in [-0.2, 0) is 0 Å². The van der Waals surface area contributed by atoms with Crippen molar-refractivity contribution in [1.29, 1.82) is 0 Å². The van der Waals surface area contributed by atoms with E-state index in [0.717, 1.165) is 17.0 Å². The molecule has 4 heteroatoms. The fourth-order valence-corrected chi connectivity index (χ4v) is 1.82. The second-order valence-electron chi connectivity index (χ2n) is 4.04. The molecule has 0 aromatic carbocycles. The number of ketones is 1. The van der Waals surface area contributed by atoms with Gasteiger partial charge in [0.2, 0.25) is 0 Å². The molecule has 0 spiro atoms. The number of Topliss-reactive ketones (excluding diaryl/α,β-unsaturated/α-hetero) is 1. The Morgan fingerprint density at radius 3 is 2.47 bits per heavy atom. The van der Waals surface area contributed by atoms with E-state index in [0.29, 0.717) is 12.6 Å². The maximum Gasteiger partial charge on any atom is 0.180 e. The summed E-state index contributed by atoms with van der Waals surface area (Å²) in [6.45, 7) is 8.32. The monoisotopic (exact) mass is 209 g/mol. The van der Waals surface area contributed by atoms with Crippen LogP contribution in [0, 0.1) is 13.8 Å². The minimum Gasteiger partial charge on any atom is -0.313 e. The van der Waals surface area contributed by atoms with Crippen molar-refractivity contribution < 1.29 is 4.79 Å². The predicted molar refractivity (Wildman–Crippen MR) is 60.3 cm³/mol. The Labute approximate surface area is 90.7 Å². The Balaban J connectivity index is 3.13.